The minimum Gasteiger partial charge on any atom is -0.492 e. The van der Waals surface area contributed by atoms with Crippen molar-refractivity contribution in [2.75, 3.05) is 33.3 Å². The van der Waals surface area contributed by atoms with Crippen molar-refractivity contribution < 1.29 is 14.3 Å². The summed E-state index contributed by atoms with van der Waals surface area (Å²) >= 11 is 0. The summed E-state index contributed by atoms with van der Waals surface area (Å²) in [6, 6.07) is 7.73. The number of carbonyl (C=O) groups excluding carboxylic acids is 2. The predicted molar refractivity (Wildman–Crippen MR) is 103 cm³/mol. The molecule has 0 spiro atoms. The molecule has 1 amide bonds. The van der Waals surface area contributed by atoms with Crippen LogP contribution in [0.3, 0.4) is 0 Å². The first-order valence-electron chi connectivity index (χ1n) is 9.15. The molecule has 0 aliphatic heterocycles. The second kappa shape index (κ2) is 10.7. The molecule has 142 valence electrons. The molecule has 1 aliphatic carbocycles. The lowest BCUT2D eigenvalue weighted by Crippen LogP contribution is -2.39. The van der Waals surface area contributed by atoms with E-state index >= 15 is 0 Å². The third-order valence-corrected chi connectivity index (χ3v) is 4.23. The van der Waals surface area contributed by atoms with Crippen LogP contribution in [0.2, 0.25) is 0 Å². The number of ketones is 1. The van der Waals surface area contributed by atoms with Crippen LogP contribution in [0, 0.1) is 5.92 Å². The van der Waals surface area contributed by atoms with Crippen LogP contribution < -0.4 is 20.7 Å². The van der Waals surface area contributed by atoms with Gasteiger partial charge in [0.1, 0.15) is 18.1 Å². The molecule has 0 bridgehead atoms. The Kier molecular flexibility index (Phi) is 8.31. The zero-order valence-corrected chi connectivity index (χ0v) is 15.6. The van der Waals surface area contributed by atoms with Crippen molar-refractivity contribution in [3.8, 4) is 5.75 Å². The molecule has 1 fully saturated rings. The zero-order chi connectivity index (χ0) is 18.8. The van der Waals surface area contributed by atoms with Gasteiger partial charge in [-0.2, -0.15) is 0 Å². The fraction of sp³-hybridized carbons (Fsp3) is 0.500. The molecule has 0 aromatic heterocycles. The largest absolute Gasteiger partial charge is 0.492 e. The number of Topliss-reactive ketones (excluding diaryl/α,β-unsaturated/α-hetero) is 1. The number of ether oxygens (including phenoxy) is 1. The van der Waals surface area contributed by atoms with Crippen molar-refractivity contribution in [1.82, 2.24) is 16.0 Å². The van der Waals surface area contributed by atoms with Gasteiger partial charge in [0.2, 0.25) is 5.91 Å². The monoisotopic (exact) mass is 359 g/mol. The summed E-state index contributed by atoms with van der Waals surface area (Å²) in [4.78, 5) is 23.0. The van der Waals surface area contributed by atoms with Crippen LogP contribution in [0.1, 0.15) is 25.3 Å². The van der Waals surface area contributed by atoms with Crippen molar-refractivity contribution in [2.45, 2.75) is 25.8 Å². The predicted octanol–water partition coefficient (Wildman–Crippen LogP) is 1.37. The highest BCUT2D eigenvalue weighted by atomic mass is 16.5. The third-order valence-electron chi connectivity index (χ3n) is 4.23. The Morgan fingerprint density at radius 2 is 2.08 bits per heavy atom. The summed E-state index contributed by atoms with van der Waals surface area (Å²) in [5.41, 5.74) is 0.959. The van der Waals surface area contributed by atoms with Gasteiger partial charge in [-0.05, 0) is 38.8 Å². The van der Waals surface area contributed by atoms with Gasteiger partial charge in [-0.15, -0.1) is 0 Å². The van der Waals surface area contributed by atoms with E-state index < -0.39 is 0 Å². The molecule has 6 heteroatoms. The van der Waals surface area contributed by atoms with Crippen LogP contribution in [0.15, 0.2) is 30.3 Å². The van der Waals surface area contributed by atoms with Crippen LogP contribution in [0.4, 0.5) is 0 Å². The van der Waals surface area contributed by atoms with Crippen molar-refractivity contribution in [1.29, 1.82) is 0 Å². The zero-order valence-electron chi connectivity index (χ0n) is 15.6. The average Bonchev–Trinajstić information content (AvgIpc) is 3.44. The number of amides is 1. The van der Waals surface area contributed by atoms with Crippen LogP contribution in [0.5, 0.6) is 5.75 Å². The van der Waals surface area contributed by atoms with E-state index in [9.17, 15) is 9.59 Å². The number of hydrogen-bond donors (Lipinski definition) is 3. The van der Waals surface area contributed by atoms with Crippen LogP contribution in [-0.4, -0.2) is 51.0 Å². The van der Waals surface area contributed by atoms with Crippen molar-refractivity contribution in [2.24, 2.45) is 5.92 Å². The first-order valence-corrected chi connectivity index (χ1v) is 9.15. The number of likely N-dealkylation sites (N-methyl/N-ethyl adjacent to an activating group) is 1. The van der Waals surface area contributed by atoms with Gasteiger partial charge in [-0.3, -0.25) is 9.59 Å². The molecule has 1 atom stereocenters. The molecule has 1 unspecified atom stereocenters. The highest BCUT2D eigenvalue weighted by Gasteiger charge is 2.33. The lowest BCUT2D eigenvalue weighted by atomic mass is 10.1. The maximum absolute atomic E-state index is 11.6. The second-order valence-corrected chi connectivity index (χ2v) is 6.50. The molecule has 0 saturated heterocycles. The Labute approximate surface area is 155 Å². The number of nitrogens with one attached hydrogen (secondary N) is 3. The fourth-order valence-corrected chi connectivity index (χ4v) is 2.78. The van der Waals surface area contributed by atoms with E-state index in [-0.39, 0.29) is 17.7 Å². The normalized spacial score (nSPS) is 15.0. The second-order valence-electron chi connectivity index (χ2n) is 6.50. The molecular formula is C20H29N3O3. The number of rotatable bonds is 12. The number of benzene rings is 1. The maximum Gasteiger partial charge on any atom is 0.234 e. The van der Waals surface area contributed by atoms with Crippen molar-refractivity contribution >= 4 is 17.8 Å². The summed E-state index contributed by atoms with van der Waals surface area (Å²) in [7, 11) is 1.74. The Hall–Kier alpha value is -2.18. The third kappa shape index (κ3) is 6.98. The number of carbonyl (C=O) groups is 2. The van der Waals surface area contributed by atoms with Crippen LogP contribution >= 0.6 is 0 Å². The molecule has 1 aliphatic rings. The molecule has 1 aromatic rings. The van der Waals surface area contributed by atoms with Gasteiger partial charge < -0.3 is 20.7 Å². The minimum absolute atomic E-state index is 0.0324. The quantitative estimate of drug-likeness (QED) is 0.491. The molecule has 3 N–H and O–H groups in total. The van der Waals surface area contributed by atoms with E-state index in [1.807, 2.05) is 36.4 Å². The van der Waals surface area contributed by atoms with Crippen molar-refractivity contribution in [3.63, 3.8) is 0 Å². The highest BCUT2D eigenvalue weighted by Crippen LogP contribution is 2.32. The van der Waals surface area contributed by atoms with E-state index in [0.717, 1.165) is 24.2 Å². The smallest absolute Gasteiger partial charge is 0.234 e. The molecule has 1 aromatic carbocycles. The topological polar surface area (TPSA) is 79.5 Å². The van der Waals surface area contributed by atoms with Gasteiger partial charge >= 0.3 is 0 Å². The Morgan fingerprint density at radius 3 is 2.77 bits per heavy atom. The molecule has 1 saturated carbocycles. The highest BCUT2D eigenvalue weighted by molar-refractivity contribution is 5.82. The summed E-state index contributed by atoms with van der Waals surface area (Å²) in [5, 5.41) is 8.90. The summed E-state index contributed by atoms with van der Waals surface area (Å²) in [6.45, 7) is 3.56. The summed E-state index contributed by atoms with van der Waals surface area (Å²) in [6.07, 6.45) is 6.10. The van der Waals surface area contributed by atoms with Gasteiger partial charge in [0.25, 0.3) is 0 Å². The molecule has 6 nitrogen and oxygen atoms in total. The SMILES string of the molecule is CNCC(=O)NC/C=C/c1ccccc1OCCNC(C(C)=O)C1CC1. The lowest BCUT2D eigenvalue weighted by Gasteiger charge is -2.15. The molecule has 0 heterocycles. The fourth-order valence-electron chi connectivity index (χ4n) is 2.78. The average molecular weight is 359 g/mol. The van der Waals surface area contributed by atoms with Gasteiger partial charge in [0, 0.05) is 18.7 Å². The summed E-state index contributed by atoms with van der Waals surface area (Å²) < 4.78 is 5.86. The van der Waals surface area contributed by atoms with Crippen molar-refractivity contribution in [3.05, 3.63) is 35.9 Å². The lowest BCUT2D eigenvalue weighted by molar-refractivity contribution is -0.120. The van der Waals surface area contributed by atoms with E-state index in [1.54, 1.807) is 14.0 Å². The van der Waals surface area contributed by atoms with E-state index in [0.29, 0.717) is 32.2 Å². The standard InChI is InChI=1S/C20H29N3O3/c1-15(24)20(17-9-10-17)23-12-13-26-18-8-4-3-6-16(18)7-5-11-22-19(25)14-21-2/h3-8,17,20-21,23H,9-14H2,1-2H3,(H,22,25)/b7-5+. The van der Waals surface area contributed by atoms with E-state index in [4.69, 9.17) is 4.74 Å². The first-order chi connectivity index (χ1) is 12.6. The summed E-state index contributed by atoms with van der Waals surface area (Å²) in [5.74, 6) is 1.46. The van der Waals surface area contributed by atoms with Crippen LogP contribution in [0.25, 0.3) is 6.08 Å². The molecule has 2 rings (SSSR count). The Bertz CT molecular complexity index is 626. The van der Waals surface area contributed by atoms with Gasteiger partial charge in [-0.25, -0.2) is 0 Å². The van der Waals surface area contributed by atoms with Crippen LogP contribution in [-0.2, 0) is 9.59 Å². The van der Waals surface area contributed by atoms with E-state index in [2.05, 4.69) is 16.0 Å². The molecule has 26 heavy (non-hydrogen) atoms. The van der Waals surface area contributed by atoms with E-state index in [1.165, 1.54) is 0 Å². The first kappa shape index (κ1) is 20.1. The van der Waals surface area contributed by atoms with Gasteiger partial charge in [-0.1, -0.05) is 30.4 Å². The number of para-hydroxylation sites is 1. The Morgan fingerprint density at radius 1 is 1.31 bits per heavy atom. The Balaban J connectivity index is 1.77. The van der Waals surface area contributed by atoms with Gasteiger partial charge in [0.15, 0.2) is 0 Å². The molecular weight excluding hydrogens is 330 g/mol. The molecule has 0 radical (unpaired) electrons. The van der Waals surface area contributed by atoms with Gasteiger partial charge in [0.05, 0.1) is 12.6 Å². The maximum atomic E-state index is 11.6. The minimum atomic E-state index is -0.0385. The number of hydrogen-bond acceptors (Lipinski definition) is 5.